The van der Waals surface area contributed by atoms with Crippen molar-refractivity contribution in [2.24, 2.45) is 28.6 Å². The van der Waals surface area contributed by atoms with Crippen molar-refractivity contribution in [3.05, 3.63) is 11.6 Å². The van der Waals surface area contributed by atoms with Gasteiger partial charge in [-0.1, -0.05) is 25.5 Å². The number of ketones is 1. The predicted octanol–water partition coefficient (Wildman–Crippen LogP) is 4.93. The second-order valence-corrected chi connectivity index (χ2v) is 11.8. The minimum atomic E-state index is -0.150. The Balaban J connectivity index is 1.43. The van der Waals surface area contributed by atoms with Crippen LogP contribution in [-0.4, -0.2) is 27.9 Å². The molecule has 1 heterocycles. The molecular formula is C23H32O3S. The zero-order valence-electron chi connectivity index (χ0n) is 17.0. The zero-order valence-corrected chi connectivity index (χ0v) is 17.9. The summed E-state index contributed by atoms with van der Waals surface area (Å²) in [6, 6.07) is 0. The van der Waals surface area contributed by atoms with Crippen molar-refractivity contribution in [1.82, 2.24) is 0 Å². The van der Waals surface area contributed by atoms with Crippen molar-refractivity contribution in [2.75, 3.05) is 0 Å². The largest absolute Gasteiger partial charge is 0.462 e. The molecule has 0 aromatic rings. The van der Waals surface area contributed by atoms with Gasteiger partial charge in [-0.15, -0.1) is 11.8 Å². The molecule has 4 aliphatic carbocycles. The maximum Gasteiger partial charge on any atom is 0.302 e. The molecule has 0 aromatic carbocycles. The topological polar surface area (TPSA) is 43.4 Å². The van der Waals surface area contributed by atoms with E-state index in [1.54, 1.807) is 5.57 Å². The number of ether oxygens (including phenoxy) is 1. The molecule has 0 bridgehead atoms. The first-order chi connectivity index (χ1) is 12.7. The Bertz CT molecular complexity index is 744. The van der Waals surface area contributed by atoms with Crippen LogP contribution in [0.25, 0.3) is 0 Å². The van der Waals surface area contributed by atoms with E-state index in [1.165, 1.54) is 26.2 Å². The van der Waals surface area contributed by atoms with Crippen LogP contribution in [0.5, 0.6) is 0 Å². The molecule has 0 amide bonds. The van der Waals surface area contributed by atoms with Crippen molar-refractivity contribution in [1.29, 1.82) is 0 Å². The Kier molecular flexibility index (Phi) is 3.82. The van der Waals surface area contributed by atoms with E-state index in [0.29, 0.717) is 17.0 Å². The molecule has 0 N–H and O–H groups in total. The van der Waals surface area contributed by atoms with Crippen LogP contribution in [-0.2, 0) is 14.3 Å². The lowest BCUT2D eigenvalue weighted by Gasteiger charge is -2.58. The van der Waals surface area contributed by atoms with E-state index in [9.17, 15) is 9.59 Å². The molecule has 0 spiro atoms. The molecule has 8 atom stereocenters. The van der Waals surface area contributed by atoms with E-state index in [-0.39, 0.29) is 27.7 Å². The number of hydrogen-bond donors (Lipinski definition) is 0. The molecule has 1 aliphatic heterocycles. The summed E-state index contributed by atoms with van der Waals surface area (Å²) in [5, 5.41) is 0.585. The third-order valence-corrected chi connectivity index (χ3v) is 11.3. The summed E-state index contributed by atoms with van der Waals surface area (Å²) in [5.74, 6) is 2.45. The Morgan fingerprint density at radius 3 is 2.63 bits per heavy atom. The van der Waals surface area contributed by atoms with Gasteiger partial charge in [-0.25, -0.2) is 0 Å². The van der Waals surface area contributed by atoms with Gasteiger partial charge in [0, 0.05) is 18.6 Å². The van der Waals surface area contributed by atoms with E-state index >= 15 is 0 Å². The lowest BCUT2D eigenvalue weighted by Crippen LogP contribution is -2.53. The first-order valence-corrected chi connectivity index (χ1v) is 11.7. The first-order valence-electron chi connectivity index (χ1n) is 10.8. The van der Waals surface area contributed by atoms with Crippen LogP contribution >= 0.6 is 11.8 Å². The molecule has 3 nitrogen and oxygen atoms in total. The van der Waals surface area contributed by atoms with Crippen LogP contribution in [0.2, 0.25) is 0 Å². The second kappa shape index (κ2) is 5.64. The minimum absolute atomic E-state index is 0.0550. The first kappa shape index (κ1) is 18.3. The molecule has 5 rings (SSSR count). The van der Waals surface area contributed by atoms with E-state index in [1.807, 2.05) is 18.7 Å². The van der Waals surface area contributed by atoms with Gasteiger partial charge in [-0.05, 0) is 74.0 Å². The van der Waals surface area contributed by atoms with Gasteiger partial charge in [0.05, 0.1) is 4.75 Å². The van der Waals surface area contributed by atoms with Gasteiger partial charge < -0.3 is 4.74 Å². The van der Waals surface area contributed by atoms with Crippen LogP contribution in [0.3, 0.4) is 0 Å². The number of fused-ring (bicyclic) bond motifs is 7. The molecular weight excluding hydrogens is 356 g/mol. The molecule has 8 unspecified atom stereocenters. The van der Waals surface area contributed by atoms with E-state index in [0.717, 1.165) is 37.5 Å². The Morgan fingerprint density at radius 2 is 1.93 bits per heavy atom. The molecule has 148 valence electrons. The smallest absolute Gasteiger partial charge is 0.302 e. The number of hydrogen-bond acceptors (Lipinski definition) is 4. The van der Waals surface area contributed by atoms with Crippen LogP contribution in [0, 0.1) is 28.6 Å². The summed E-state index contributed by atoms with van der Waals surface area (Å²) >= 11 is 1.97. The maximum absolute atomic E-state index is 12.6. The molecule has 0 radical (unpaired) electrons. The number of rotatable bonds is 2. The molecule has 4 heteroatoms. The fourth-order valence-corrected chi connectivity index (χ4v) is 9.93. The summed E-state index contributed by atoms with van der Waals surface area (Å²) < 4.78 is 5.49. The summed E-state index contributed by atoms with van der Waals surface area (Å²) in [6.45, 7) is 8.28. The SMILES string of the molecule is CC(=O)OC1CCC2(C)C(=CCC3C2CCC2(C)C3CC3SC32C(C)=O)C1. The average molecular weight is 389 g/mol. The highest BCUT2D eigenvalue weighted by Crippen LogP contribution is 2.79. The third kappa shape index (κ3) is 2.22. The highest BCUT2D eigenvalue weighted by Gasteiger charge is 2.78. The maximum atomic E-state index is 12.6. The number of carbonyl (C=O) groups excluding carboxylic acids is 2. The second-order valence-electron chi connectivity index (χ2n) is 10.3. The fourth-order valence-electron chi connectivity index (χ4n) is 8.03. The number of thioether (sulfide) groups is 1. The van der Waals surface area contributed by atoms with Gasteiger partial charge >= 0.3 is 5.97 Å². The summed E-state index contributed by atoms with van der Waals surface area (Å²) in [5.41, 5.74) is 2.01. The van der Waals surface area contributed by atoms with Crippen LogP contribution < -0.4 is 0 Å². The van der Waals surface area contributed by atoms with Crippen molar-refractivity contribution in [2.45, 2.75) is 88.7 Å². The van der Waals surface area contributed by atoms with Crippen molar-refractivity contribution in [3.63, 3.8) is 0 Å². The van der Waals surface area contributed by atoms with E-state index in [4.69, 9.17) is 4.74 Å². The van der Waals surface area contributed by atoms with Gasteiger partial charge in [-0.3, -0.25) is 9.59 Å². The number of allylic oxidation sites excluding steroid dienone is 1. The van der Waals surface area contributed by atoms with Gasteiger partial charge in [0.15, 0.2) is 0 Å². The molecule has 0 aromatic heterocycles. The normalized spacial score (nSPS) is 52.6. The van der Waals surface area contributed by atoms with Crippen LogP contribution in [0.15, 0.2) is 11.6 Å². The van der Waals surface area contributed by atoms with Gasteiger partial charge in [0.1, 0.15) is 11.9 Å². The molecule has 4 fully saturated rings. The number of Topliss-reactive ketones (excluding diaryl/α,β-unsaturated/α-hetero) is 1. The highest BCUT2D eigenvalue weighted by molar-refractivity contribution is 8.09. The molecule has 27 heavy (non-hydrogen) atoms. The quantitative estimate of drug-likeness (QED) is 0.382. The highest BCUT2D eigenvalue weighted by atomic mass is 32.2. The Labute approximate surface area is 167 Å². The Hall–Kier alpha value is -0.770. The third-order valence-electron chi connectivity index (χ3n) is 9.34. The lowest BCUT2D eigenvalue weighted by atomic mass is 9.47. The fraction of sp³-hybridized carbons (Fsp3) is 0.826. The minimum Gasteiger partial charge on any atom is -0.462 e. The molecule has 3 saturated carbocycles. The van der Waals surface area contributed by atoms with Gasteiger partial charge in [0.2, 0.25) is 0 Å². The monoisotopic (exact) mass is 388 g/mol. The lowest BCUT2D eigenvalue weighted by molar-refractivity contribution is -0.148. The van der Waals surface area contributed by atoms with Crippen LogP contribution in [0.1, 0.15) is 72.6 Å². The molecule has 5 aliphatic rings. The summed E-state index contributed by atoms with van der Waals surface area (Å²) in [6.07, 6.45) is 10.5. The number of esters is 1. The van der Waals surface area contributed by atoms with E-state index in [2.05, 4.69) is 19.9 Å². The number of carbonyl (C=O) groups is 2. The standard InChI is InChI=1S/C23H32O3S/c1-13(24)23-20(27-23)12-19-17-6-5-15-11-16(26-14(2)25)7-9-21(15,3)18(17)8-10-22(19,23)4/h5,16-20H,6-12H2,1-4H3. The zero-order chi connectivity index (χ0) is 19.2. The van der Waals surface area contributed by atoms with Gasteiger partial charge in [-0.2, -0.15) is 0 Å². The Morgan fingerprint density at radius 1 is 1.15 bits per heavy atom. The predicted molar refractivity (Wildman–Crippen MR) is 107 cm³/mol. The van der Waals surface area contributed by atoms with Crippen molar-refractivity contribution >= 4 is 23.5 Å². The summed E-state index contributed by atoms with van der Waals surface area (Å²) in [4.78, 5) is 24.0. The summed E-state index contributed by atoms with van der Waals surface area (Å²) in [7, 11) is 0. The van der Waals surface area contributed by atoms with Crippen LogP contribution in [0.4, 0.5) is 0 Å². The van der Waals surface area contributed by atoms with Crippen molar-refractivity contribution in [3.8, 4) is 0 Å². The van der Waals surface area contributed by atoms with E-state index < -0.39 is 0 Å². The molecule has 1 saturated heterocycles. The van der Waals surface area contributed by atoms with Crippen molar-refractivity contribution < 1.29 is 14.3 Å². The average Bonchev–Trinajstić information content (AvgIpc) is 3.27. The van der Waals surface area contributed by atoms with Gasteiger partial charge in [0.25, 0.3) is 0 Å².